The lowest BCUT2D eigenvalue weighted by atomic mass is 10.1. The molecule has 0 bridgehead atoms. The van der Waals surface area contributed by atoms with Gasteiger partial charge in [-0.15, -0.1) is 0 Å². The van der Waals surface area contributed by atoms with Crippen LogP contribution in [0.2, 0.25) is 0 Å². The van der Waals surface area contributed by atoms with Crippen LogP contribution in [-0.2, 0) is 0 Å². The lowest BCUT2D eigenvalue weighted by Crippen LogP contribution is -2.14. The van der Waals surface area contributed by atoms with Crippen molar-refractivity contribution in [1.29, 1.82) is 0 Å². The number of nitrogens with zero attached hydrogens (tertiary/aromatic N) is 1. The van der Waals surface area contributed by atoms with Crippen LogP contribution in [0.3, 0.4) is 0 Å². The molecule has 0 aliphatic heterocycles. The third-order valence-electron chi connectivity index (χ3n) is 1.97. The molecule has 5 heteroatoms. The smallest absolute Gasteiger partial charge is 0.318 e. The topological polar surface area (TPSA) is 87.6 Å². The summed E-state index contributed by atoms with van der Waals surface area (Å²) in [7, 11) is 0. The number of nitrogens with two attached hydrogens (primary N) is 1. The van der Waals surface area contributed by atoms with E-state index in [4.69, 9.17) is 5.73 Å². The second kappa shape index (κ2) is 3.47. The molecule has 0 fully saturated rings. The summed E-state index contributed by atoms with van der Waals surface area (Å²) in [5.41, 5.74) is 6.45. The number of hydrogen-bond donors (Lipinski definition) is 3. The van der Waals surface area contributed by atoms with E-state index in [2.05, 4.69) is 15.2 Å². The van der Waals surface area contributed by atoms with E-state index in [0.717, 1.165) is 5.56 Å². The Morgan fingerprint density at radius 3 is 2.57 bits per heavy atom. The molecule has 1 heterocycles. The predicted octanol–water partition coefficient (Wildman–Crippen LogP) is 0.146. The zero-order valence-corrected chi connectivity index (χ0v) is 7.40. The molecule has 4 N–H and O–H groups in total. The van der Waals surface area contributed by atoms with Crippen molar-refractivity contribution in [3.05, 3.63) is 52.2 Å². The van der Waals surface area contributed by atoms with E-state index in [9.17, 15) is 4.79 Å². The SMILES string of the molecule is NC(c1ccccc1)c1n[nH]c(=O)[nH]1. The molecule has 1 unspecified atom stereocenters. The minimum absolute atomic E-state index is 0.341. The van der Waals surface area contributed by atoms with E-state index in [-0.39, 0.29) is 5.69 Å². The molecular weight excluding hydrogens is 180 g/mol. The molecule has 0 saturated carbocycles. The molecule has 0 aliphatic rings. The van der Waals surface area contributed by atoms with Crippen LogP contribution in [-0.4, -0.2) is 15.2 Å². The van der Waals surface area contributed by atoms with Gasteiger partial charge in [0.15, 0.2) is 5.82 Å². The molecule has 14 heavy (non-hydrogen) atoms. The quantitative estimate of drug-likeness (QED) is 0.629. The molecule has 5 nitrogen and oxygen atoms in total. The van der Waals surface area contributed by atoms with Crippen molar-refractivity contribution in [3.8, 4) is 0 Å². The zero-order chi connectivity index (χ0) is 9.97. The minimum atomic E-state index is -0.393. The summed E-state index contributed by atoms with van der Waals surface area (Å²) < 4.78 is 0. The molecule has 0 saturated heterocycles. The second-order valence-electron chi connectivity index (χ2n) is 2.95. The van der Waals surface area contributed by atoms with E-state index in [1.807, 2.05) is 30.3 Å². The fraction of sp³-hybridized carbons (Fsp3) is 0.111. The van der Waals surface area contributed by atoms with Crippen molar-refractivity contribution < 1.29 is 0 Å². The van der Waals surface area contributed by atoms with Gasteiger partial charge in [-0.05, 0) is 5.56 Å². The molecule has 72 valence electrons. The number of rotatable bonds is 2. The summed E-state index contributed by atoms with van der Waals surface area (Å²) in [6, 6.07) is 9.06. The third-order valence-corrected chi connectivity index (χ3v) is 1.97. The minimum Gasteiger partial charge on any atom is -0.318 e. The van der Waals surface area contributed by atoms with Crippen LogP contribution in [0.5, 0.6) is 0 Å². The Labute approximate surface area is 80.0 Å². The summed E-state index contributed by atoms with van der Waals surface area (Å²) in [5.74, 6) is 0.446. The first-order valence-electron chi connectivity index (χ1n) is 4.22. The van der Waals surface area contributed by atoms with Gasteiger partial charge in [0.1, 0.15) is 0 Å². The fourth-order valence-corrected chi connectivity index (χ4v) is 1.25. The van der Waals surface area contributed by atoms with Crippen LogP contribution in [0.1, 0.15) is 17.4 Å². The Bertz CT molecular complexity index is 459. The van der Waals surface area contributed by atoms with E-state index in [1.165, 1.54) is 0 Å². The highest BCUT2D eigenvalue weighted by Gasteiger charge is 2.11. The molecule has 0 amide bonds. The number of nitrogens with one attached hydrogen (secondary N) is 2. The Morgan fingerprint density at radius 2 is 2.00 bits per heavy atom. The maximum atomic E-state index is 10.8. The average molecular weight is 190 g/mol. The van der Waals surface area contributed by atoms with Crippen LogP contribution < -0.4 is 11.4 Å². The van der Waals surface area contributed by atoms with Crippen LogP contribution in [0, 0.1) is 0 Å². The Kier molecular flexibility index (Phi) is 2.16. The molecule has 0 aliphatic carbocycles. The summed E-state index contributed by atoms with van der Waals surface area (Å²) >= 11 is 0. The molecule has 0 radical (unpaired) electrons. The Balaban J connectivity index is 2.33. The molecule has 2 rings (SSSR count). The summed E-state index contributed by atoms with van der Waals surface area (Å²) in [4.78, 5) is 13.3. The van der Waals surface area contributed by atoms with Crippen LogP contribution in [0.4, 0.5) is 0 Å². The largest absolute Gasteiger partial charge is 0.340 e. The number of aromatic amines is 2. The Hall–Kier alpha value is -1.88. The van der Waals surface area contributed by atoms with Crippen LogP contribution >= 0.6 is 0 Å². The van der Waals surface area contributed by atoms with Crippen LogP contribution in [0.15, 0.2) is 35.1 Å². The molecule has 1 atom stereocenters. The Morgan fingerprint density at radius 1 is 1.29 bits per heavy atom. The fourth-order valence-electron chi connectivity index (χ4n) is 1.25. The molecule has 0 spiro atoms. The third kappa shape index (κ3) is 1.57. The van der Waals surface area contributed by atoms with Crippen molar-refractivity contribution in [3.63, 3.8) is 0 Å². The lowest BCUT2D eigenvalue weighted by molar-refractivity contribution is 0.787. The first-order valence-corrected chi connectivity index (χ1v) is 4.22. The van der Waals surface area contributed by atoms with Crippen molar-refractivity contribution in [2.75, 3.05) is 0 Å². The van der Waals surface area contributed by atoms with E-state index in [1.54, 1.807) is 0 Å². The second-order valence-corrected chi connectivity index (χ2v) is 2.95. The predicted molar refractivity (Wildman–Crippen MR) is 51.7 cm³/mol. The highest BCUT2D eigenvalue weighted by Crippen LogP contribution is 2.13. The molecular formula is C9H10N4O. The maximum absolute atomic E-state index is 10.8. The van der Waals surface area contributed by atoms with Gasteiger partial charge in [0.2, 0.25) is 0 Å². The van der Waals surface area contributed by atoms with E-state index in [0.29, 0.717) is 5.82 Å². The van der Waals surface area contributed by atoms with Crippen molar-refractivity contribution in [2.45, 2.75) is 6.04 Å². The molecule has 1 aromatic heterocycles. The van der Waals surface area contributed by atoms with Gasteiger partial charge in [-0.3, -0.25) is 4.98 Å². The first-order chi connectivity index (χ1) is 6.77. The van der Waals surface area contributed by atoms with Crippen LogP contribution in [0.25, 0.3) is 0 Å². The summed E-state index contributed by atoms with van der Waals surface area (Å²) in [6.45, 7) is 0. The van der Waals surface area contributed by atoms with Gasteiger partial charge in [0, 0.05) is 0 Å². The number of hydrogen-bond acceptors (Lipinski definition) is 3. The van der Waals surface area contributed by atoms with Crippen molar-refractivity contribution >= 4 is 0 Å². The van der Waals surface area contributed by atoms with Gasteiger partial charge in [-0.25, -0.2) is 9.89 Å². The van der Waals surface area contributed by atoms with Gasteiger partial charge in [0.05, 0.1) is 6.04 Å². The monoisotopic (exact) mass is 190 g/mol. The molecule has 1 aromatic carbocycles. The highest BCUT2D eigenvalue weighted by atomic mass is 16.1. The van der Waals surface area contributed by atoms with Crippen molar-refractivity contribution in [2.24, 2.45) is 5.73 Å². The van der Waals surface area contributed by atoms with E-state index >= 15 is 0 Å². The van der Waals surface area contributed by atoms with Gasteiger partial charge >= 0.3 is 5.69 Å². The average Bonchev–Trinajstić information content (AvgIpc) is 2.65. The van der Waals surface area contributed by atoms with Gasteiger partial charge in [0.25, 0.3) is 0 Å². The van der Waals surface area contributed by atoms with Gasteiger partial charge in [-0.2, -0.15) is 5.10 Å². The maximum Gasteiger partial charge on any atom is 0.340 e. The lowest BCUT2D eigenvalue weighted by Gasteiger charge is -2.06. The van der Waals surface area contributed by atoms with Gasteiger partial charge < -0.3 is 5.73 Å². The van der Waals surface area contributed by atoms with Crippen molar-refractivity contribution in [1.82, 2.24) is 15.2 Å². The number of aromatic nitrogens is 3. The standard InChI is InChI=1S/C9H10N4O/c10-7(6-4-2-1-3-5-6)8-11-9(14)13-12-8/h1-5,7H,10H2,(H2,11,12,13,14). The molecule has 2 aromatic rings. The normalized spacial score (nSPS) is 12.6. The zero-order valence-electron chi connectivity index (χ0n) is 7.40. The summed E-state index contributed by atoms with van der Waals surface area (Å²) in [6.07, 6.45) is 0. The highest BCUT2D eigenvalue weighted by molar-refractivity contribution is 5.23. The van der Waals surface area contributed by atoms with E-state index < -0.39 is 6.04 Å². The number of benzene rings is 1. The summed E-state index contributed by atoms with van der Waals surface area (Å²) in [5, 5.41) is 6.05. The first kappa shape index (κ1) is 8.71. The number of H-pyrrole nitrogens is 2. The van der Waals surface area contributed by atoms with Gasteiger partial charge in [-0.1, -0.05) is 30.3 Å².